The van der Waals surface area contributed by atoms with E-state index in [9.17, 15) is 24.9 Å². The Hall–Kier alpha value is -4.54. The number of phenols is 2. The summed E-state index contributed by atoms with van der Waals surface area (Å²) in [6.45, 7) is 3.80. The average Bonchev–Trinajstić information content (AvgIpc) is 3.36. The number of aromatic nitrogens is 4. The van der Waals surface area contributed by atoms with E-state index in [1.165, 1.54) is 15.2 Å². The van der Waals surface area contributed by atoms with Gasteiger partial charge in [-0.1, -0.05) is 18.9 Å². The van der Waals surface area contributed by atoms with E-state index in [1.54, 1.807) is 36.5 Å². The van der Waals surface area contributed by atoms with Crippen LogP contribution in [-0.2, 0) is 0 Å². The Labute approximate surface area is 193 Å². The van der Waals surface area contributed by atoms with Crippen LogP contribution in [0.5, 0.6) is 17.5 Å². The number of aromatic hydroxyl groups is 3. The normalized spacial score (nSPS) is 11.3. The number of amides is 1. The summed E-state index contributed by atoms with van der Waals surface area (Å²) in [6.07, 6.45) is 0.386. The number of benzene rings is 2. The molecule has 0 bridgehead atoms. The number of carbonyl (C=O) groups excluding carboxylic acids is 1. The Balaban J connectivity index is 1.73. The summed E-state index contributed by atoms with van der Waals surface area (Å²) in [5.41, 5.74) is 1.98. The van der Waals surface area contributed by atoms with Gasteiger partial charge in [0.05, 0.1) is 16.8 Å². The third-order valence-electron chi connectivity index (χ3n) is 5.47. The van der Waals surface area contributed by atoms with Crippen molar-refractivity contribution < 1.29 is 30.0 Å². The Morgan fingerprint density at radius 2 is 1.79 bits per heavy atom. The zero-order valence-corrected chi connectivity index (χ0v) is 18.4. The number of nitrogens with zero attached hydrogens (tertiary/aromatic N) is 4. The highest BCUT2D eigenvalue weighted by atomic mass is 16.4. The van der Waals surface area contributed by atoms with E-state index in [1.807, 2.05) is 13.8 Å². The van der Waals surface area contributed by atoms with Crippen LogP contribution in [0.2, 0.25) is 0 Å². The highest BCUT2D eigenvalue weighted by Gasteiger charge is 2.21. The first-order valence-electron chi connectivity index (χ1n) is 10.5. The fourth-order valence-corrected chi connectivity index (χ4v) is 3.81. The third kappa shape index (κ3) is 4.10. The minimum Gasteiger partial charge on any atom is -0.508 e. The van der Waals surface area contributed by atoms with E-state index in [4.69, 9.17) is 5.11 Å². The molecule has 5 N–H and O–H groups in total. The first-order chi connectivity index (χ1) is 16.2. The lowest BCUT2D eigenvalue weighted by atomic mass is 9.98. The van der Waals surface area contributed by atoms with E-state index in [0.717, 1.165) is 0 Å². The number of nitrogens with one attached hydrogen (secondary N) is 1. The summed E-state index contributed by atoms with van der Waals surface area (Å²) in [5.74, 6) is -0.393. The summed E-state index contributed by atoms with van der Waals surface area (Å²) in [6, 6.07) is 9.23. The molecule has 2 aromatic heterocycles. The van der Waals surface area contributed by atoms with Gasteiger partial charge in [0.1, 0.15) is 11.5 Å². The molecular weight excluding hydrogens is 442 g/mol. The zero-order chi connectivity index (χ0) is 24.6. The van der Waals surface area contributed by atoms with Crippen molar-refractivity contribution in [1.29, 1.82) is 0 Å². The molecule has 0 saturated carbocycles. The quantitative estimate of drug-likeness (QED) is 0.289. The predicted molar refractivity (Wildman–Crippen MR) is 123 cm³/mol. The SMILES string of the molecule is CC(C)c1cc(-c2nnc(O)n2-c2ccc3c(ccn3C(=O)CCNC(=O)O)c2)c(O)cc1O. The van der Waals surface area contributed by atoms with Gasteiger partial charge in [-0.2, -0.15) is 0 Å². The standard InChI is InChI=1S/C23H23N5O6/c1-12(2)15-10-16(19(30)11-18(15)29)21-25-26-22(32)28(21)14-3-4-17-13(9-14)6-8-27(17)20(31)5-7-24-23(33)34/h3-4,6,8-12,24,29-30H,5,7H2,1-2H3,(H,26,32)(H,33,34). The molecule has 0 atom stereocenters. The molecule has 0 fully saturated rings. The Kier molecular flexibility index (Phi) is 5.84. The molecule has 176 valence electrons. The van der Waals surface area contributed by atoms with Crippen LogP contribution in [0.1, 0.15) is 36.5 Å². The van der Waals surface area contributed by atoms with E-state index >= 15 is 0 Å². The second-order valence-electron chi connectivity index (χ2n) is 8.05. The maximum atomic E-state index is 12.5. The van der Waals surface area contributed by atoms with Crippen LogP contribution in [0.15, 0.2) is 42.6 Å². The van der Waals surface area contributed by atoms with Crippen molar-refractivity contribution >= 4 is 22.9 Å². The van der Waals surface area contributed by atoms with Crippen molar-refractivity contribution in [2.75, 3.05) is 6.54 Å². The molecule has 1 amide bonds. The number of hydrogen-bond acceptors (Lipinski definition) is 7. The Bertz CT molecular complexity index is 1400. The van der Waals surface area contributed by atoms with Crippen molar-refractivity contribution in [2.24, 2.45) is 0 Å². The zero-order valence-electron chi connectivity index (χ0n) is 18.4. The van der Waals surface area contributed by atoms with Crippen LogP contribution in [0, 0.1) is 0 Å². The molecule has 11 heteroatoms. The van der Waals surface area contributed by atoms with Gasteiger partial charge < -0.3 is 25.7 Å². The molecule has 34 heavy (non-hydrogen) atoms. The van der Waals surface area contributed by atoms with Crippen LogP contribution in [-0.4, -0.2) is 58.3 Å². The molecule has 0 aliphatic carbocycles. The molecule has 4 rings (SSSR count). The van der Waals surface area contributed by atoms with Gasteiger partial charge in [-0.3, -0.25) is 9.36 Å². The topological polar surface area (TPSA) is 163 Å². The second-order valence-corrected chi connectivity index (χ2v) is 8.05. The molecule has 0 saturated heterocycles. The van der Waals surface area contributed by atoms with E-state index in [0.29, 0.717) is 22.2 Å². The minimum absolute atomic E-state index is 0.00164. The molecule has 4 aromatic rings. The third-order valence-corrected chi connectivity index (χ3v) is 5.47. The molecule has 2 aromatic carbocycles. The fraction of sp³-hybridized carbons (Fsp3) is 0.217. The molecule has 0 unspecified atom stereocenters. The number of carboxylic acid groups (broad SMARTS) is 1. The highest BCUT2D eigenvalue weighted by molar-refractivity contribution is 5.93. The van der Waals surface area contributed by atoms with Gasteiger partial charge in [0.25, 0.3) is 0 Å². The highest BCUT2D eigenvalue weighted by Crippen LogP contribution is 2.39. The fourth-order valence-electron chi connectivity index (χ4n) is 3.81. The first-order valence-corrected chi connectivity index (χ1v) is 10.5. The van der Waals surface area contributed by atoms with Crippen molar-refractivity contribution in [2.45, 2.75) is 26.2 Å². The van der Waals surface area contributed by atoms with Crippen molar-refractivity contribution in [3.8, 4) is 34.6 Å². The summed E-state index contributed by atoms with van der Waals surface area (Å²) >= 11 is 0. The predicted octanol–water partition coefficient (Wildman–Crippen LogP) is 3.43. The largest absolute Gasteiger partial charge is 0.508 e. The summed E-state index contributed by atoms with van der Waals surface area (Å²) in [4.78, 5) is 23.1. The van der Waals surface area contributed by atoms with Crippen LogP contribution >= 0.6 is 0 Å². The van der Waals surface area contributed by atoms with Crippen LogP contribution in [0.3, 0.4) is 0 Å². The van der Waals surface area contributed by atoms with E-state index < -0.39 is 12.1 Å². The van der Waals surface area contributed by atoms with Gasteiger partial charge in [0, 0.05) is 30.6 Å². The van der Waals surface area contributed by atoms with Crippen LogP contribution < -0.4 is 5.32 Å². The number of phenolic OH excluding ortho intramolecular Hbond substituents is 2. The molecule has 0 radical (unpaired) electrons. The van der Waals surface area contributed by atoms with Crippen LogP contribution in [0.4, 0.5) is 4.79 Å². The molecule has 0 spiro atoms. The van der Waals surface area contributed by atoms with Gasteiger partial charge in [0.2, 0.25) is 5.91 Å². The second kappa shape index (κ2) is 8.77. The summed E-state index contributed by atoms with van der Waals surface area (Å²) in [5, 5.41) is 50.3. The molecule has 11 nitrogen and oxygen atoms in total. The molecular formula is C23H23N5O6. The minimum atomic E-state index is -1.19. The molecule has 0 aliphatic rings. The van der Waals surface area contributed by atoms with Gasteiger partial charge in [-0.25, -0.2) is 9.36 Å². The summed E-state index contributed by atoms with van der Waals surface area (Å²) in [7, 11) is 0. The number of rotatable bonds is 6. The van der Waals surface area contributed by atoms with E-state index in [-0.39, 0.29) is 47.7 Å². The summed E-state index contributed by atoms with van der Waals surface area (Å²) < 4.78 is 2.78. The molecule has 0 aliphatic heterocycles. The average molecular weight is 465 g/mol. The number of hydrogen-bond donors (Lipinski definition) is 5. The van der Waals surface area contributed by atoms with Gasteiger partial charge in [-0.05, 0) is 41.8 Å². The maximum Gasteiger partial charge on any atom is 0.404 e. The first kappa shape index (κ1) is 22.6. The smallest absolute Gasteiger partial charge is 0.404 e. The van der Waals surface area contributed by atoms with Gasteiger partial charge >= 0.3 is 12.1 Å². The Morgan fingerprint density at radius 1 is 1.03 bits per heavy atom. The maximum absolute atomic E-state index is 12.5. The lowest BCUT2D eigenvalue weighted by Gasteiger charge is -2.14. The van der Waals surface area contributed by atoms with Gasteiger partial charge in [0.15, 0.2) is 5.82 Å². The van der Waals surface area contributed by atoms with Crippen LogP contribution in [0.25, 0.3) is 28.0 Å². The molecule has 2 heterocycles. The number of carbonyl (C=O) groups is 2. The number of fused-ring (bicyclic) bond motifs is 1. The van der Waals surface area contributed by atoms with Crippen molar-refractivity contribution in [3.05, 3.63) is 48.2 Å². The Morgan fingerprint density at radius 3 is 2.50 bits per heavy atom. The van der Waals surface area contributed by atoms with Crippen molar-refractivity contribution in [1.82, 2.24) is 24.6 Å². The lowest BCUT2D eigenvalue weighted by Crippen LogP contribution is -2.25. The van der Waals surface area contributed by atoms with Gasteiger partial charge in [-0.15, -0.1) is 5.10 Å². The van der Waals surface area contributed by atoms with E-state index in [2.05, 4.69) is 15.5 Å². The monoisotopic (exact) mass is 465 g/mol. The lowest BCUT2D eigenvalue weighted by molar-refractivity contribution is 0.0908. The van der Waals surface area contributed by atoms with Crippen molar-refractivity contribution in [3.63, 3.8) is 0 Å².